The summed E-state index contributed by atoms with van der Waals surface area (Å²) in [5, 5.41) is 9.32. The van der Waals surface area contributed by atoms with Gasteiger partial charge in [0.15, 0.2) is 0 Å². The molecule has 5 rings (SSSR count). The van der Waals surface area contributed by atoms with Crippen molar-refractivity contribution in [1.29, 1.82) is 0 Å². The van der Waals surface area contributed by atoms with Crippen molar-refractivity contribution in [3.63, 3.8) is 0 Å². The zero-order chi connectivity index (χ0) is 29.4. The first-order valence-electron chi connectivity index (χ1n) is 15.3. The van der Waals surface area contributed by atoms with E-state index < -0.39 is 11.9 Å². The minimum Gasteiger partial charge on any atom is -0.485 e. The number of aryl methyl sites for hydroxylation is 2. The van der Waals surface area contributed by atoms with Gasteiger partial charge in [-0.15, -0.1) is 0 Å². The summed E-state index contributed by atoms with van der Waals surface area (Å²) >= 11 is 0. The SMILES string of the molecule is C1CC1.CCOc1cc(-c2ccc(C3CCc4ccc(CC(C)C(=O)O)cc4O3)cc2CN(CC)CC)c(C)cn1. The van der Waals surface area contributed by atoms with Crippen LogP contribution in [0.15, 0.2) is 48.7 Å². The van der Waals surface area contributed by atoms with Crippen molar-refractivity contribution in [3.8, 4) is 22.8 Å². The van der Waals surface area contributed by atoms with E-state index in [0.717, 1.165) is 54.9 Å². The molecule has 3 aromatic rings. The number of benzene rings is 2. The summed E-state index contributed by atoms with van der Waals surface area (Å²) in [5.41, 5.74) is 8.07. The van der Waals surface area contributed by atoms with Crippen LogP contribution in [0.3, 0.4) is 0 Å². The van der Waals surface area contributed by atoms with Crippen LogP contribution in [0.2, 0.25) is 0 Å². The normalized spacial score (nSPS) is 16.2. The molecule has 0 bridgehead atoms. The monoisotopic (exact) mass is 558 g/mol. The van der Waals surface area contributed by atoms with Gasteiger partial charge in [-0.05, 0) is 91.2 Å². The first-order chi connectivity index (χ1) is 19.8. The number of ether oxygens (including phenoxy) is 2. The number of aliphatic carboxylic acids is 1. The minimum atomic E-state index is -0.778. The summed E-state index contributed by atoms with van der Waals surface area (Å²) in [6.07, 6.45) is 8.68. The molecule has 0 saturated heterocycles. The van der Waals surface area contributed by atoms with Gasteiger partial charge in [-0.1, -0.05) is 70.4 Å². The number of rotatable bonds is 11. The average molecular weight is 559 g/mol. The van der Waals surface area contributed by atoms with Crippen molar-refractivity contribution < 1.29 is 19.4 Å². The van der Waals surface area contributed by atoms with Crippen molar-refractivity contribution in [1.82, 2.24) is 9.88 Å². The first-order valence-corrected chi connectivity index (χ1v) is 15.3. The van der Waals surface area contributed by atoms with Crippen LogP contribution in [0, 0.1) is 12.8 Å². The zero-order valence-electron chi connectivity index (χ0n) is 25.4. The summed E-state index contributed by atoms with van der Waals surface area (Å²) in [6.45, 7) is 13.6. The molecule has 1 aromatic heterocycles. The smallest absolute Gasteiger partial charge is 0.306 e. The van der Waals surface area contributed by atoms with Crippen LogP contribution >= 0.6 is 0 Å². The van der Waals surface area contributed by atoms with E-state index in [4.69, 9.17) is 9.47 Å². The number of fused-ring (bicyclic) bond motifs is 1. The van der Waals surface area contributed by atoms with E-state index in [1.54, 1.807) is 6.92 Å². The number of pyridine rings is 1. The molecule has 6 heteroatoms. The molecule has 41 heavy (non-hydrogen) atoms. The van der Waals surface area contributed by atoms with Gasteiger partial charge in [-0.3, -0.25) is 9.69 Å². The topological polar surface area (TPSA) is 71.9 Å². The number of hydrogen-bond acceptors (Lipinski definition) is 5. The summed E-state index contributed by atoms with van der Waals surface area (Å²) in [6, 6.07) is 14.9. The van der Waals surface area contributed by atoms with Crippen LogP contribution in [0.25, 0.3) is 11.1 Å². The second kappa shape index (κ2) is 14.5. The highest BCUT2D eigenvalue weighted by molar-refractivity contribution is 5.72. The third-order valence-electron chi connectivity index (χ3n) is 7.84. The number of nitrogens with zero attached hydrogens (tertiary/aromatic N) is 2. The van der Waals surface area contributed by atoms with Crippen molar-refractivity contribution in [2.24, 2.45) is 5.92 Å². The van der Waals surface area contributed by atoms with Gasteiger partial charge in [-0.25, -0.2) is 4.98 Å². The lowest BCUT2D eigenvalue weighted by Crippen LogP contribution is -2.23. The third kappa shape index (κ3) is 8.32. The molecule has 0 amide bonds. The van der Waals surface area contributed by atoms with Gasteiger partial charge in [0.05, 0.1) is 12.5 Å². The van der Waals surface area contributed by atoms with E-state index in [9.17, 15) is 9.90 Å². The molecule has 2 heterocycles. The number of carboxylic acid groups (broad SMARTS) is 1. The fourth-order valence-electron chi connectivity index (χ4n) is 5.13. The Morgan fingerprint density at radius 3 is 2.49 bits per heavy atom. The molecule has 2 aromatic carbocycles. The van der Waals surface area contributed by atoms with Crippen molar-refractivity contribution in [2.75, 3.05) is 19.7 Å². The van der Waals surface area contributed by atoms with E-state index in [1.807, 2.05) is 31.3 Å². The Bertz CT molecular complexity index is 1310. The largest absolute Gasteiger partial charge is 0.485 e. The second-order valence-electron chi connectivity index (χ2n) is 11.2. The molecule has 2 aliphatic rings. The van der Waals surface area contributed by atoms with Crippen molar-refractivity contribution in [2.45, 2.75) is 85.8 Å². The Kier molecular flexibility index (Phi) is 10.8. The zero-order valence-corrected chi connectivity index (χ0v) is 25.4. The average Bonchev–Trinajstić information content (AvgIpc) is 3.86. The molecule has 1 N–H and O–H groups in total. The van der Waals surface area contributed by atoms with Gasteiger partial charge in [0.25, 0.3) is 0 Å². The number of carbonyl (C=O) groups is 1. The highest BCUT2D eigenvalue weighted by Gasteiger charge is 2.24. The predicted molar refractivity (Wildman–Crippen MR) is 165 cm³/mol. The van der Waals surface area contributed by atoms with Crippen molar-refractivity contribution >= 4 is 5.97 Å². The van der Waals surface area contributed by atoms with Crippen LogP contribution < -0.4 is 9.47 Å². The number of carboxylic acids is 1. The molecule has 2 unspecified atom stereocenters. The second-order valence-corrected chi connectivity index (χ2v) is 11.2. The lowest BCUT2D eigenvalue weighted by Gasteiger charge is -2.28. The lowest BCUT2D eigenvalue weighted by atomic mass is 9.90. The molecule has 220 valence electrons. The van der Waals surface area contributed by atoms with Crippen LogP contribution in [-0.4, -0.2) is 40.7 Å². The maximum Gasteiger partial charge on any atom is 0.306 e. The fraction of sp³-hybridized carbons (Fsp3) is 0.486. The molecule has 6 nitrogen and oxygen atoms in total. The Hall–Kier alpha value is -3.38. The van der Waals surface area contributed by atoms with E-state index in [0.29, 0.717) is 18.9 Å². The predicted octanol–water partition coefficient (Wildman–Crippen LogP) is 7.80. The number of hydrogen-bond donors (Lipinski definition) is 1. The van der Waals surface area contributed by atoms with Gasteiger partial charge >= 0.3 is 5.97 Å². The first kappa shape index (κ1) is 30.6. The lowest BCUT2D eigenvalue weighted by molar-refractivity contribution is -0.141. The standard InChI is InChI=1S/C32H40N2O4.C3H6/c1-6-34(7-2)20-26-17-25(11-13-27(26)28-18-31(37-8-3)33-19-22(28)5)29-14-12-24-10-9-23(16-30(24)38-29)15-21(4)32(35)36;1-2-3-1/h9-11,13,16-19,21,29H,6-8,12,14-15,20H2,1-5H3,(H,35,36);1-3H2. The van der Waals surface area contributed by atoms with Gasteiger partial charge in [-0.2, -0.15) is 0 Å². The maximum absolute atomic E-state index is 11.3. The highest BCUT2D eigenvalue weighted by atomic mass is 16.5. The van der Waals surface area contributed by atoms with E-state index in [-0.39, 0.29) is 6.10 Å². The summed E-state index contributed by atoms with van der Waals surface area (Å²) in [5.74, 6) is 0.311. The van der Waals surface area contributed by atoms with Crippen molar-refractivity contribution in [3.05, 3.63) is 76.5 Å². The Morgan fingerprint density at radius 2 is 1.83 bits per heavy atom. The molecule has 0 spiro atoms. The molecular formula is C35H46N2O4. The Balaban J connectivity index is 0.00000121. The Labute approximate surface area is 245 Å². The molecular weight excluding hydrogens is 512 g/mol. The summed E-state index contributed by atoms with van der Waals surface area (Å²) < 4.78 is 12.3. The molecule has 1 aliphatic carbocycles. The molecule has 1 aliphatic heterocycles. The highest BCUT2D eigenvalue weighted by Crippen LogP contribution is 2.38. The quantitative estimate of drug-likeness (QED) is 0.259. The molecule has 1 saturated carbocycles. The van der Waals surface area contributed by atoms with E-state index in [2.05, 4.69) is 54.9 Å². The summed E-state index contributed by atoms with van der Waals surface area (Å²) in [4.78, 5) is 18.2. The van der Waals surface area contributed by atoms with Gasteiger partial charge < -0.3 is 14.6 Å². The van der Waals surface area contributed by atoms with Crippen LogP contribution in [-0.2, 0) is 24.2 Å². The van der Waals surface area contributed by atoms with E-state index in [1.165, 1.54) is 41.5 Å². The van der Waals surface area contributed by atoms with Gasteiger partial charge in [0.2, 0.25) is 5.88 Å². The van der Waals surface area contributed by atoms with Crippen LogP contribution in [0.5, 0.6) is 11.6 Å². The fourth-order valence-corrected chi connectivity index (χ4v) is 5.13. The van der Waals surface area contributed by atoms with Crippen LogP contribution in [0.4, 0.5) is 0 Å². The minimum absolute atomic E-state index is 0.0447. The van der Waals surface area contributed by atoms with Gasteiger partial charge in [0.1, 0.15) is 11.9 Å². The molecule has 0 radical (unpaired) electrons. The Morgan fingerprint density at radius 1 is 1.07 bits per heavy atom. The van der Waals surface area contributed by atoms with Gasteiger partial charge in [0, 0.05) is 18.8 Å². The number of aromatic nitrogens is 1. The maximum atomic E-state index is 11.3. The molecule has 2 atom stereocenters. The third-order valence-corrected chi connectivity index (χ3v) is 7.84. The molecule has 1 fully saturated rings. The van der Waals surface area contributed by atoms with E-state index >= 15 is 0 Å². The van der Waals surface area contributed by atoms with Crippen LogP contribution in [0.1, 0.15) is 87.3 Å². The summed E-state index contributed by atoms with van der Waals surface area (Å²) in [7, 11) is 0.